The number of nitrogens with one attached hydrogen (secondary N) is 3. The molecule has 5 amide bonds. The predicted octanol–water partition coefficient (Wildman–Crippen LogP) is 0.0917. The zero-order valence-corrected chi connectivity index (χ0v) is 31.5. The number of unbranched alkanes of at least 4 members (excludes halogenated alkanes) is 2. The van der Waals surface area contributed by atoms with E-state index in [1.165, 1.54) is 4.90 Å². The van der Waals surface area contributed by atoms with Gasteiger partial charge in [0.05, 0.1) is 59.5 Å². The fraction of sp³-hybridized carbons (Fsp3) is 0.848. The maximum absolute atomic E-state index is 12.4. The number of amides is 5. The van der Waals surface area contributed by atoms with E-state index in [4.69, 9.17) is 38.8 Å². The van der Waals surface area contributed by atoms with Gasteiger partial charge in [0.1, 0.15) is 11.9 Å². The summed E-state index contributed by atoms with van der Waals surface area (Å²) < 4.78 is 43.0. The number of aliphatic imine (C=N–C) groups is 1. The number of carbonyl (C=O) groups excluding carboxylic acids is 4. The summed E-state index contributed by atoms with van der Waals surface area (Å²) in [5, 5.41) is 19.1. The summed E-state index contributed by atoms with van der Waals surface area (Å²) in [6.07, 6.45) is 2.67. The van der Waals surface area contributed by atoms with E-state index in [2.05, 4.69) is 27.9 Å². The summed E-state index contributed by atoms with van der Waals surface area (Å²) in [5.41, 5.74) is 5.97. The number of urea groups is 1. The van der Waals surface area contributed by atoms with Crippen molar-refractivity contribution in [1.82, 2.24) is 20.9 Å². The lowest BCUT2D eigenvalue weighted by Gasteiger charge is -2.34. The lowest BCUT2D eigenvalue weighted by molar-refractivity contribution is -0.122. The van der Waals surface area contributed by atoms with Gasteiger partial charge in [0, 0.05) is 55.4 Å². The molecule has 7 N–H and O–H groups in total. The maximum atomic E-state index is 12.4. The van der Waals surface area contributed by atoms with Crippen LogP contribution in [-0.4, -0.2) is 148 Å². The highest BCUT2D eigenvalue weighted by Crippen LogP contribution is 2.30. The van der Waals surface area contributed by atoms with Crippen molar-refractivity contribution >= 4 is 37.8 Å². The van der Waals surface area contributed by atoms with Crippen molar-refractivity contribution in [2.75, 3.05) is 79.1 Å². The first kappa shape index (κ1) is 44.5. The Morgan fingerprint density at radius 1 is 0.925 bits per heavy atom. The Hall–Kier alpha value is -2.87. The Balaban J connectivity index is 1.05. The molecule has 0 radical (unpaired) electrons. The van der Waals surface area contributed by atoms with E-state index in [1.807, 2.05) is 0 Å². The molecule has 0 aromatic rings. The van der Waals surface area contributed by atoms with Crippen molar-refractivity contribution in [2.45, 2.75) is 89.2 Å². The number of hydrogen-bond acceptors (Lipinski definition) is 13. The Morgan fingerprint density at radius 3 is 2.23 bits per heavy atom. The van der Waals surface area contributed by atoms with E-state index in [9.17, 15) is 28.8 Å². The quantitative estimate of drug-likeness (QED) is 0.0455. The third-order valence-corrected chi connectivity index (χ3v) is 9.56. The molecule has 2 fully saturated rings. The monoisotopic (exact) mass is 777 g/mol. The second-order valence-electron chi connectivity index (χ2n) is 13.3. The minimum absolute atomic E-state index is 0.0173. The molecule has 0 bridgehead atoms. The Labute approximate surface area is 311 Å². The van der Waals surface area contributed by atoms with Crippen LogP contribution in [0.15, 0.2) is 4.99 Å². The smallest absolute Gasteiger partial charge is 0.387 e. The zero-order valence-electron chi connectivity index (χ0n) is 30.6. The van der Waals surface area contributed by atoms with Crippen molar-refractivity contribution < 1.29 is 62.0 Å². The van der Waals surface area contributed by atoms with Crippen LogP contribution < -0.4 is 21.7 Å². The van der Waals surface area contributed by atoms with Gasteiger partial charge in [-0.05, 0) is 31.6 Å². The maximum Gasteiger partial charge on any atom is 0.695 e. The first-order valence-electron chi connectivity index (χ1n) is 18.5. The van der Waals surface area contributed by atoms with E-state index in [-0.39, 0.29) is 61.7 Å². The van der Waals surface area contributed by atoms with Crippen LogP contribution in [0.2, 0.25) is 0 Å². The summed E-state index contributed by atoms with van der Waals surface area (Å²) in [6.45, 7) is 5.88. The van der Waals surface area contributed by atoms with Crippen LogP contribution in [0.5, 0.6) is 0 Å². The SMILES string of the molecule is C[C@@H]1CC(=O)N[C@@H]1CCCCCC(=O)NCCOCCOCCOCCOCCC(=O)NCCCC1CN([C@@H]2OC[C@H](O[P+](=O)O)C2O)C(=O)N=C1N. The number of aliphatic hydroxyl groups excluding tert-OH is 1. The summed E-state index contributed by atoms with van der Waals surface area (Å²) in [6, 6.07) is -0.408. The Bertz CT molecular complexity index is 1200. The second kappa shape index (κ2) is 25.3. The molecule has 19 nitrogen and oxygen atoms in total. The number of aliphatic hydroxyl groups is 1. The molecule has 3 rings (SSSR count). The van der Waals surface area contributed by atoms with Crippen molar-refractivity contribution in [3.8, 4) is 0 Å². The van der Waals surface area contributed by atoms with Gasteiger partial charge < -0.3 is 50.5 Å². The third kappa shape index (κ3) is 17.4. The van der Waals surface area contributed by atoms with Gasteiger partial charge in [0.25, 0.3) is 0 Å². The lowest BCUT2D eigenvalue weighted by Crippen LogP contribution is -2.53. The number of nitrogens with zero attached hydrogens (tertiary/aromatic N) is 2. The molecule has 3 heterocycles. The molecule has 3 aliphatic heterocycles. The highest BCUT2D eigenvalue weighted by Gasteiger charge is 2.47. The first-order chi connectivity index (χ1) is 25.5. The topological polar surface area (TPSA) is 259 Å². The van der Waals surface area contributed by atoms with Gasteiger partial charge in [-0.25, -0.2) is 4.79 Å². The second-order valence-corrected chi connectivity index (χ2v) is 13.9. The third-order valence-electron chi connectivity index (χ3n) is 9.11. The van der Waals surface area contributed by atoms with E-state index in [0.29, 0.717) is 90.9 Å². The molecule has 0 aromatic carbocycles. The van der Waals surface area contributed by atoms with Gasteiger partial charge >= 0.3 is 14.3 Å². The molecule has 3 unspecified atom stereocenters. The van der Waals surface area contributed by atoms with Crippen LogP contribution in [-0.2, 0) is 47.2 Å². The number of ether oxygens (including phenoxy) is 5. The number of nitrogens with two attached hydrogens (primary N) is 1. The van der Waals surface area contributed by atoms with Crippen LogP contribution in [0.1, 0.15) is 64.7 Å². The van der Waals surface area contributed by atoms with E-state index in [0.717, 1.165) is 25.7 Å². The highest BCUT2D eigenvalue weighted by molar-refractivity contribution is 7.32. The van der Waals surface area contributed by atoms with Gasteiger partial charge in [-0.3, -0.25) is 19.3 Å². The van der Waals surface area contributed by atoms with E-state index < -0.39 is 32.7 Å². The molecule has 0 aliphatic carbocycles. The Kier molecular flexibility index (Phi) is 21.2. The fourth-order valence-electron chi connectivity index (χ4n) is 6.15. The molecule has 53 heavy (non-hydrogen) atoms. The molecule has 0 aromatic heterocycles. The molecular formula is C33H58N6O13P+. The molecule has 2 saturated heterocycles. The lowest BCUT2D eigenvalue weighted by atomic mass is 9.97. The van der Waals surface area contributed by atoms with Crippen molar-refractivity contribution in [1.29, 1.82) is 0 Å². The van der Waals surface area contributed by atoms with Crippen LogP contribution in [0.25, 0.3) is 0 Å². The minimum atomic E-state index is -2.94. The molecule has 20 heteroatoms. The standard InChI is InChI=1S/C33H57N6O13P/c1-23-20-29(42)37-25(23)7-3-2-4-8-27(40)36-11-13-48-15-17-50-19-18-49-16-14-47-12-9-28(41)35-10-5-6-24-21-39(33(44)38-31(24)34)32-30(43)26(22-51-32)52-53(45)46/h23-26,30,32,43H,2-22H2,1H3,(H5-,34,35,36,37,38,40,41,42,44,45,46)/p+1/t23-,24?,25-,26+,30?,32-/m1/s1. The van der Waals surface area contributed by atoms with Crippen LogP contribution >= 0.6 is 8.25 Å². The van der Waals surface area contributed by atoms with Gasteiger partial charge in [-0.2, -0.15) is 4.99 Å². The summed E-state index contributed by atoms with van der Waals surface area (Å²) in [7, 11) is -2.94. The van der Waals surface area contributed by atoms with Crippen LogP contribution in [0, 0.1) is 11.8 Å². The van der Waals surface area contributed by atoms with Gasteiger partial charge in [0.2, 0.25) is 17.7 Å². The molecule has 0 saturated carbocycles. The average Bonchev–Trinajstić information content (AvgIpc) is 3.63. The summed E-state index contributed by atoms with van der Waals surface area (Å²) in [5.74, 6) is 0.208. The molecule has 3 aliphatic rings. The summed E-state index contributed by atoms with van der Waals surface area (Å²) in [4.78, 5) is 61.9. The molecule has 0 spiro atoms. The average molecular weight is 778 g/mol. The van der Waals surface area contributed by atoms with Gasteiger partial charge in [-0.1, -0.05) is 19.8 Å². The van der Waals surface area contributed by atoms with Crippen molar-refractivity contribution in [3.63, 3.8) is 0 Å². The van der Waals surface area contributed by atoms with Crippen molar-refractivity contribution in [2.24, 2.45) is 22.6 Å². The normalized spacial score (nSPS) is 24.6. The highest BCUT2D eigenvalue weighted by atomic mass is 31.1. The number of carbonyl (C=O) groups is 4. The number of rotatable bonds is 28. The van der Waals surface area contributed by atoms with Crippen LogP contribution in [0.4, 0.5) is 4.79 Å². The molecular weight excluding hydrogens is 719 g/mol. The Morgan fingerprint density at radius 2 is 1.57 bits per heavy atom. The fourth-order valence-corrected chi connectivity index (χ4v) is 6.57. The van der Waals surface area contributed by atoms with E-state index in [1.54, 1.807) is 0 Å². The first-order valence-corrected chi connectivity index (χ1v) is 19.6. The van der Waals surface area contributed by atoms with Gasteiger partial charge in [0.15, 0.2) is 12.3 Å². The summed E-state index contributed by atoms with van der Waals surface area (Å²) >= 11 is 0. The molecule has 302 valence electrons. The molecule has 7 atom stereocenters. The predicted molar refractivity (Wildman–Crippen MR) is 190 cm³/mol. The number of hydrogen-bond donors (Lipinski definition) is 6. The number of amidine groups is 1. The van der Waals surface area contributed by atoms with E-state index >= 15 is 0 Å². The van der Waals surface area contributed by atoms with Gasteiger partial charge in [-0.15, -0.1) is 9.42 Å². The van der Waals surface area contributed by atoms with Crippen molar-refractivity contribution in [3.05, 3.63) is 0 Å². The largest absolute Gasteiger partial charge is 0.695 e. The minimum Gasteiger partial charge on any atom is -0.387 e. The zero-order chi connectivity index (χ0) is 38.4. The van der Waals surface area contributed by atoms with Crippen LogP contribution in [0.3, 0.4) is 0 Å².